The Morgan fingerprint density at radius 1 is 1.17 bits per heavy atom. The van der Waals surface area contributed by atoms with Crippen LogP contribution in [0.25, 0.3) is 0 Å². The average molecular weight is 399 g/mol. The van der Waals surface area contributed by atoms with Crippen LogP contribution in [0.3, 0.4) is 0 Å². The monoisotopic (exact) mass is 399 g/mol. The average Bonchev–Trinajstić information content (AvgIpc) is 2.72. The number of carbonyl (C=O) groups excluding carboxylic acids is 1. The first-order chi connectivity index (χ1) is 14.1. The molecule has 1 aliphatic carbocycles. The van der Waals surface area contributed by atoms with E-state index in [1.54, 1.807) is 4.90 Å². The van der Waals surface area contributed by atoms with Gasteiger partial charge in [0.1, 0.15) is 5.92 Å². The van der Waals surface area contributed by atoms with Gasteiger partial charge in [0.2, 0.25) is 5.91 Å². The van der Waals surface area contributed by atoms with Gasteiger partial charge in [-0.1, -0.05) is 51.1 Å². The standard InChI is InChI=1S/C24H25N5O/c1-15(30)29-10-9-18-19(11-25)22(28)24(13-26,14-27)21(20(18)12-29)16-5-7-17(8-6-16)23(2,3)4/h5-9,19-21,28H,10,12H2,1-4H3/t19?,20-,21+/m0/s1. The van der Waals surface area contributed by atoms with Gasteiger partial charge in [-0.3, -0.25) is 4.79 Å². The predicted octanol–water partition coefficient (Wildman–Crippen LogP) is 3.68. The Morgan fingerprint density at radius 2 is 1.77 bits per heavy atom. The molecule has 6 heteroatoms. The normalized spacial score (nSPS) is 25.2. The lowest BCUT2D eigenvalue weighted by molar-refractivity contribution is -0.129. The molecule has 1 heterocycles. The smallest absolute Gasteiger partial charge is 0.219 e. The van der Waals surface area contributed by atoms with Crippen LogP contribution in [0.1, 0.15) is 44.7 Å². The second kappa shape index (κ2) is 7.43. The van der Waals surface area contributed by atoms with Crippen molar-refractivity contribution in [2.75, 3.05) is 13.1 Å². The molecule has 6 nitrogen and oxygen atoms in total. The summed E-state index contributed by atoms with van der Waals surface area (Å²) in [4.78, 5) is 13.7. The molecule has 30 heavy (non-hydrogen) atoms. The summed E-state index contributed by atoms with van der Waals surface area (Å²) in [6, 6.07) is 14.1. The van der Waals surface area contributed by atoms with Crippen LogP contribution in [0, 0.1) is 56.7 Å². The predicted molar refractivity (Wildman–Crippen MR) is 112 cm³/mol. The number of rotatable bonds is 1. The van der Waals surface area contributed by atoms with Crippen LogP contribution in [-0.2, 0) is 10.2 Å². The molecule has 1 unspecified atom stereocenters. The Balaban J connectivity index is 2.22. The fourth-order valence-corrected chi connectivity index (χ4v) is 4.63. The second-order valence-electron chi connectivity index (χ2n) is 9.09. The lowest BCUT2D eigenvalue weighted by Gasteiger charge is -2.47. The third-order valence-corrected chi connectivity index (χ3v) is 6.37. The number of fused-ring (bicyclic) bond motifs is 1. The molecule has 0 saturated heterocycles. The lowest BCUT2D eigenvalue weighted by atomic mass is 9.54. The fraction of sp³-hybridized carbons (Fsp3) is 0.458. The van der Waals surface area contributed by atoms with Crippen molar-refractivity contribution < 1.29 is 4.79 Å². The summed E-state index contributed by atoms with van der Waals surface area (Å²) in [7, 11) is 0. The van der Waals surface area contributed by atoms with Crippen molar-refractivity contribution in [2.45, 2.75) is 39.0 Å². The zero-order valence-electron chi connectivity index (χ0n) is 17.7. The molecule has 0 radical (unpaired) electrons. The number of hydrogen-bond acceptors (Lipinski definition) is 5. The van der Waals surface area contributed by atoms with Gasteiger partial charge in [-0.05, 0) is 22.1 Å². The summed E-state index contributed by atoms with van der Waals surface area (Å²) in [5.41, 5.74) is 0.660. The van der Waals surface area contributed by atoms with Gasteiger partial charge in [0.15, 0.2) is 5.41 Å². The molecule has 1 aliphatic heterocycles. The molecular formula is C24H25N5O. The molecule has 1 saturated carbocycles. The summed E-state index contributed by atoms with van der Waals surface area (Å²) >= 11 is 0. The first kappa shape index (κ1) is 21.3. The van der Waals surface area contributed by atoms with Crippen molar-refractivity contribution in [1.29, 1.82) is 21.2 Å². The number of nitriles is 3. The van der Waals surface area contributed by atoms with Gasteiger partial charge >= 0.3 is 0 Å². The molecule has 3 atom stereocenters. The van der Waals surface area contributed by atoms with E-state index in [2.05, 4.69) is 39.0 Å². The molecule has 1 aromatic rings. The lowest BCUT2D eigenvalue weighted by Crippen LogP contribution is -2.53. The van der Waals surface area contributed by atoms with Crippen molar-refractivity contribution in [1.82, 2.24) is 4.90 Å². The van der Waals surface area contributed by atoms with Gasteiger partial charge in [-0.25, -0.2) is 0 Å². The van der Waals surface area contributed by atoms with E-state index in [4.69, 9.17) is 5.41 Å². The third kappa shape index (κ3) is 3.17. The van der Waals surface area contributed by atoms with Crippen LogP contribution in [0.15, 0.2) is 35.9 Å². The van der Waals surface area contributed by atoms with E-state index in [9.17, 15) is 20.6 Å². The van der Waals surface area contributed by atoms with Crippen LogP contribution >= 0.6 is 0 Å². The molecule has 2 aliphatic rings. The van der Waals surface area contributed by atoms with E-state index in [0.29, 0.717) is 13.1 Å². The summed E-state index contributed by atoms with van der Waals surface area (Å²) in [6.07, 6.45) is 1.83. The van der Waals surface area contributed by atoms with Crippen molar-refractivity contribution in [3.05, 3.63) is 47.0 Å². The molecule has 0 spiro atoms. The number of nitrogens with zero attached hydrogens (tertiary/aromatic N) is 4. The van der Waals surface area contributed by atoms with E-state index in [-0.39, 0.29) is 23.0 Å². The topological polar surface area (TPSA) is 116 Å². The second-order valence-corrected chi connectivity index (χ2v) is 9.09. The Kier molecular flexibility index (Phi) is 5.27. The Labute approximate surface area is 177 Å². The summed E-state index contributed by atoms with van der Waals surface area (Å²) in [5.74, 6) is -2.03. The molecule has 1 fully saturated rings. The van der Waals surface area contributed by atoms with Crippen LogP contribution < -0.4 is 0 Å². The molecule has 1 amide bonds. The number of amides is 1. The number of hydrogen-bond donors (Lipinski definition) is 1. The highest BCUT2D eigenvalue weighted by molar-refractivity contribution is 6.01. The maximum atomic E-state index is 12.0. The quantitative estimate of drug-likeness (QED) is 0.725. The first-order valence-electron chi connectivity index (χ1n) is 9.97. The fourth-order valence-electron chi connectivity index (χ4n) is 4.63. The van der Waals surface area contributed by atoms with Crippen LogP contribution in [-0.4, -0.2) is 29.6 Å². The minimum absolute atomic E-state index is 0.0490. The maximum absolute atomic E-state index is 12.0. The van der Waals surface area contributed by atoms with Crippen molar-refractivity contribution in [2.24, 2.45) is 17.3 Å². The summed E-state index contributed by atoms with van der Waals surface area (Å²) in [6.45, 7) is 8.50. The minimum Gasteiger partial charge on any atom is -0.339 e. The highest BCUT2D eigenvalue weighted by Crippen LogP contribution is 2.53. The molecule has 1 aromatic carbocycles. The van der Waals surface area contributed by atoms with Crippen LogP contribution in [0.5, 0.6) is 0 Å². The van der Waals surface area contributed by atoms with E-state index in [1.165, 1.54) is 6.92 Å². The van der Waals surface area contributed by atoms with Gasteiger partial charge < -0.3 is 10.3 Å². The van der Waals surface area contributed by atoms with Gasteiger partial charge in [0.05, 0.1) is 23.9 Å². The Morgan fingerprint density at radius 3 is 2.23 bits per heavy atom. The van der Waals surface area contributed by atoms with Crippen LogP contribution in [0.4, 0.5) is 0 Å². The maximum Gasteiger partial charge on any atom is 0.219 e. The summed E-state index contributed by atoms with van der Waals surface area (Å²) in [5, 5.41) is 38.6. The molecule has 3 rings (SSSR count). The van der Waals surface area contributed by atoms with Gasteiger partial charge in [0.25, 0.3) is 0 Å². The zero-order valence-corrected chi connectivity index (χ0v) is 17.7. The number of nitrogens with one attached hydrogen (secondary N) is 1. The highest BCUT2D eigenvalue weighted by Gasteiger charge is 2.57. The van der Waals surface area contributed by atoms with Crippen LogP contribution in [0.2, 0.25) is 0 Å². The first-order valence-corrected chi connectivity index (χ1v) is 9.97. The van der Waals surface area contributed by atoms with Crippen molar-refractivity contribution in [3.8, 4) is 18.2 Å². The molecule has 0 aromatic heterocycles. The van der Waals surface area contributed by atoms with E-state index >= 15 is 0 Å². The van der Waals surface area contributed by atoms with Gasteiger partial charge in [0, 0.05) is 31.8 Å². The van der Waals surface area contributed by atoms with E-state index in [1.807, 2.05) is 30.3 Å². The Hall–Kier alpha value is -3.43. The number of carbonyl (C=O) groups is 1. The van der Waals surface area contributed by atoms with Crippen molar-refractivity contribution in [3.63, 3.8) is 0 Å². The molecular weight excluding hydrogens is 374 g/mol. The highest BCUT2D eigenvalue weighted by atomic mass is 16.2. The summed E-state index contributed by atoms with van der Waals surface area (Å²) < 4.78 is 0. The van der Waals surface area contributed by atoms with Crippen molar-refractivity contribution >= 4 is 11.6 Å². The third-order valence-electron chi connectivity index (χ3n) is 6.37. The van der Waals surface area contributed by atoms with E-state index < -0.39 is 17.3 Å². The largest absolute Gasteiger partial charge is 0.339 e. The van der Waals surface area contributed by atoms with Gasteiger partial charge in [-0.15, -0.1) is 0 Å². The van der Waals surface area contributed by atoms with E-state index in [0.717, 1.165) is 16.7 Å². The minimum atomic E-state index is -1.76. The Bertz CT molecular complexity index is 1030. The number of benzene rings is 1. The SMILES string of the molecule is CC(=O)N1CC=C2C(C#N)C(=N)C(C#N)(C#N)[C@H](c3ccc(C(C)(C)C)cc3)[C@H]2C1. The molecule has 152 valence electrons. The molecule has 0 bridgehead atoms. The van der Waals surface area contributed by atoms with Gasteiger partial charge in [-0.2, -0.15) is 15.8 Å². The molecule has 1 N–H and O–H groups in total. The zero-order chi connectivity index (χ0) is 22.3.